The Hall–Kier alpha value is -0.690. The summed E-state index contributed by atoms with van der Waals surface area (Å²) in [6.07, 6.45) is 8.30. The van der Waals surface area contributed by atoms with Crippen LogP contribution in [0.2, 0.25) is 0 Å². The maximum Gasteiger partial charge on any atom is 0.0107 e. The Morgan fingerprint density at radius 2 is 2.06 bits per heavy atom. The first-order valence-corrected chi connectivity index (χ1v) is 8.14. The van der Waals surface area contributed by atoms with Gasteiger partial charge in [-0.25, -0.2) is 0 Å². The van der Waals surface area contributed by atoms with E-state index in [1.807, 2.05) is 17.8 Å². The van der Waals surface area contributed by atoms with E-state index in [1.165, 1.54) is 30.6 Å². The fourth-order valence-electron chi connectivity index (χ4n) is 2.23. The van der Waals surface area contributed by atoms with Crippen molar-refractivity contribution in [2.75, 3.05) is 5.75 Å². The molecule has 0 nitrogen and oxygen atoms in total. The maximum absolute atomic E-state index is 3.79. The third-order valence-electron chi connectivity index (χ3n) is 3.34. The van der Waals surface area contributed by atoms with Gasteiger partial charge in [-0.2, -0.15) is 0 Å². The first kappa shape index (κ1) is 15.4. The van der Waals surface area contributed by atoms with Crippen molar-refractivity contribution in [3.05, 3.63) is 42.5 Å². The van der Waals surface area contributed by atoms with Gasteiger partial charge in [0.15, 0.2) is 0 Å². The molecule has 0 amide bonds. The Kier molecular flexibility index (Phi) is 7.91. The van der Waals surface area contributed by atoms with Crippen molar-refractivity contribution in [1.82, 2.24) is 0 Å². The van der Waals surface area contributed by atoms with Crippen LogP contribution in [0, 0.1) is 0 Å². The molecule has 0 aromatic heterocycles. The molecular formula is C17H26S. The van der Waals surface area contributed by atoms with Crippen LogP contribution in [0.25, 0.3) is 0 Å². The van der Waals surface area contributed by atoms with E-state index in [9.17, 15) is 0 Å². The van der Waals surface area contributed by atoms with Gasteiger partial charge in [-0.3, -0.25) is 0 Å². The summed E-state index contributed by atoms with van der Waals surface area (Å²) in [6, 6.07) is 8.94. The van der Waals surface area contributed by atoms with Crippen molar-refractivity contribution in [3.8, 4) is 0 Å². The summed E-state index contributed by atoms with van der Waals surface area (Å²) >= 11 is 1.98. The molecule has 0 spiro atoms. The van der Waals surface area contributed by atoms with Crippen molar-refractivity contribution < 1.29 is 0 Å². The van der Waals surface area contributed by atoms with Crippen LogP contribution < -0.4 is 0 Å². The van der Waals surface area contributed by atoms with Crippen LogP contribution in [0.1, 0.15) is 57.4 Å². The molecule has 1 unspecified atom stereocenters. The lowest BCUT2D eigenvalue weighted by atomic mass is 9.91. The summed E-state index contributed by atoms with van der Waals surface area (Å²) in [5.74, 6) is 1.88. The predicted molar refractivity (Wildman–Crippen MR) is 84.5 cm³/mol. The highest BCUT2D eigenvalue weighted by Gasteiger charge is 2.12. The zero-order chi connectivity index (χ0) is 13.2. The van der Waals surface area contributed by atoms with Crippen molar-refractivity contribution in [1.29, 1.82) is 0 Å². The zero-order valence-corrected chi connectivity index (χ0v) is 12.6. The molecular weight excluding hydrogens is 236 g/mol. The Bertz CT molecular complexity index is 343. The highest BCUT2D eigenvalue weighted by atomic mass is 32.2. The van der Waals surface area contributed by atoms with Crippen LogP contribution in [0.15, 0.2) is 41.8 Å². The highest BCUT2D eigenvalue weighted by molar-refractivity contribution is 7.99. The summed E-state index contributed by atoms with van der Waals surface area (Å²) in [5.41, 5.74) is 1.56. The molecule has 0 N–H and O–H groups in total. The van der Waals surface area contributed by atoms with Gasteiger partial charge in [0.05, 0.1) is 0 Å². The van der Waals surface area contributed by atoms with Crippen molar-refractivity contribution in [2.45, 2.75) is 56.8 Å². The lowest BCUT2D eigenvalue weighted by Gasteiger charge is -2.18. The third kappa shape index (κ3) is 4.89. The van der Waals surface area contributed by atoms with E-state index in [1.54, 1.807) is 5.56 Å². The van der Waals surface area contributed by atoms with Gasteiger partial charge < -0.3 is 0 Å². The predicted octanol–water partition coefficient (Wildman–Crippen LogP) is 6.04. The Balaban J connectivity index is 2.74. The largest absolute Gasteiger partial charge is 0.126 e. The number of unbranched alkanes of at least 4 members (excludes halogenated alkanes) is 1. The number of thioether (sulfide) groups is 1. The molecule has 0 radical (unpaired) electrons. The summed E-state index contributed by atoms with van der Waals surface area (Å²) in [4.78, 5) is 1.47. The van der Waals surface area contributed by atoms with Crippen LogP contribution in [-0.2, 0) is 0 Å². The van der Waals surface area contributed by atoms with E-state index in [0.717, 1.165) is 18.1 Å². The molecule has 1 rings (SSSR count). The number of hydrogen-bond donors (Lipinski definition) is 0. The summed E-state index contributed by atoms with van der Waals surface area (Å²) in [7, 11) is 0. The van der Waals surface area contributed by atoms with Crippen molar-refractivity contribution in [3.63, 3.8) is 0 Å². The van der Waals surface area contributed by atoms with Crippen LogP contribution in [0.4, 0.5) is 0 Å². The molecule has 0 saturated heterocycles. The fourth-order valence-corrected chi connectivity index (χ4v) is 3.31. The van der Waals surface area contributed by atoms with Crippen molar-refractivity contribution in [2.24, 2.45) is 0 Å². The summed E-state index contributed by atoms with van der Waals surface area (Å²) in [5, 5.41) is 0. The Morgan fingerprint density at radius 1 is 1.28 bits per heavy atom. The van der Waals surface area contributed by atoms with E-state index >= 15 is 0 Å². The average Bonchev–Trinajstić information content (AvgIpc) is 2.41. The van der Waals surface area contributed by atoms with E-state index < -0.39 is 0 Å². The van der Waals surface area contributed by atoms with Gasteiger partial charge in [0.1, 0.15) is 0 Å². The van der Waals surface area contributed by atoms with Gasteiger partial charge in [0, 0.05) is 10.6 Å². The normalized spacial score (nSPS) is 12.3. The molecule has 0 aliphatic carbocycles. The van der Waals surface area contributed by atoms with Gasteiger partial charge in [-0.05, 0) is 36.8 Å². The number of rotatable bonds is 9. The quantitative estimate of drug-likeness (QED) is 0.297. The first-order chi connectivity index (χ1) is 8.83. The topological polar surface area (TPSA) is 0 Å². The number of benzene rings is 1. The molecule has 100 valence electrons. The van der Waals surface area contributed by atoms with Gasteiger partial charge in [0.25, 0.3) is 0 Å². The molecule has 0 aliphatic rings. The number of allylic oxidation sites excluding steroid dienone is 1. The smallest absolute Gasteiger partial charge is 0.0107 e. The van der Waals surface area contributed by atoms with Crippen molar-refractivity contribution >= 4 is 11.8 Å². The fraction of sp³-hybridized carbons (Fsp3) is 0.529. The molecule has 0 heterocycles. The summed E-state index contributed by atoms with van der Waals surface area (Å²) < 4.78 is 0. The Morgan fingerprint density at radius 3 is 2.72 bits per heavy atom. The third-order valence-corrected chi connectivity index (χ3v) is 4.46. The lowest BCUT2D eigenvalue weighted by Crippen LogP contribution is -1.99. The van der Waals surface area contributed by atoms with E-state index in [4.69, 9.17) is 0 Å². The minimum atomic E-state index is 0.734. The van der Waals surface area contributed by atoms with E-state index in [2.05, 4.69) is 44.7 Å². The average molecular weight is 262 g/mol. The van der Waals surface area contributed by atoms with Gasteiger partial charge >= 0.3 is 0 Å². The van der Waals surface area contributed by atoms with Crippen LogP contribution in [0.5, 0.6) is 0 Å². The van der Waals surface area contributed by atoms with E-state index in [-0.39, 0.29) is 0 Å². The minimum Gasteiger partial charge on any atom is -0.126 e. The molecule has 0 saturated carbocycles. The monoisotopic (exact) mass is 262 g/mol. The second-order valence-electron chi connectivity index (χ2n) is 4.71. The highest BCUT2D eigenvalue weighted by Crippen LogP contribution is 2.33. The molecule has 0 fully saturated rings. The Labute approximate surface area is 117 Å². The van der Waals surface area contributed by atoms with Crippen LogP contribution >= 0.6 is 11.8 Å². The van der Waals surface area contributed by atoms with Gasteiger partial charge in [-0.1, -0.05) is 51.0 Å². The standard InChI is InChI=1S/C17H26S/c1-4-7-11-15(6-3)16-12-9-10-13-17(16)18-14-8-5-2/h5,9-10,12-13,15H,2,4,6-8,11,14H2,1,3H3. The molecule has 0 aliphatic heterocycles. The molecule has 1 aromatic rings. The maximum atomic E-state index is 3.79. The second-order valence-corrected chi connectivity index (χ2v) is 5.85. The van der Waals surface area contributed by atoms with Gasteiger partial charge in [0.2, 0.25) is 0 Å². The van der Waals surface area contributed by atoms with Crippen LogP contribution in [-0.4, -0.2) is 5.75 Å². The molecule has 1 heteroatoms. The second kappa shape index (κ2) is 9.27. The molecule has 1 atom stereocenters. The molecule has 0 bridgehead atoms. The molecule has 18 heavy (non-hydrogen) atoms. The van der Waals surface area contributed by atoms with Crippen LogP contribution in [0.3, 0.4) is 0 Å². The zero-order valence-electron chi connectivity index (χ0n) is 11.8. The molecule has 1 aromatic carbocycles. The SMILES string of the molecule is C=CCCSc1ccccc1C(CC)CCCC. The lowest BCUT2D eigenvalue weighted by molar-refractivity contribution is 0.563. The van der Waals surface area contributed by atoms with Gasteiger partial charge in [-0.15, -0.1) is 18.3 Å². The first-order valence-electron chi connectivity index (χ1n) is 7.16. The summed E-state index contributed by atoms with van der Waals surface area (Å²) in [6.45, 7) is 8.38. The van der Waals surface area contributed by atoms with E-state index in [0.29, 0.717) is 0 Å². The minimum absolute atomic E-state index is 0.734. The number of hydrogen-bond acceptors (Lipinski definition) is 1.